The number of nitrogens with zero attached hydrogens (tertiary/aromatic N) is 2. The van der Waals surface area contributed by atoms with Crippen molar-refractivity contribution in [3.05, 3.63) is 23.8 Å². The molecule has 1 amide bonds. The highest BCUT2D eigenvalue weighted by Gasteiger charge is 2.27. The van der Waals surface area contributed by atoms with Crippen LogP contribution in [0.1, 0.15) is 51.0 Å². The van der Waals surface area contributed by atoms with Gasteiger partial charge in [-0.25, -0.2) is 8.42 Å². The molecule has 1 N–H and O–H groups in total. The van der Waals surface area contributed by atoms with Crippen molar-refractivity contribution >= 4 is 15.9 Å². The number of likely N-dealkylation sites (tertiary alicyclic amines) is 1. The van der Waals surface area contributed by atoms with Crippen molar-refractivity contribution in [2.45, 2.75) is 56.8 Å². The van der Waals surface area contributed by atoms with Gasteiger partial charge in [0.15, 0.2) is 0 Å². The number of carbonyl (C=O) groups excluding carboxylic acids is 1. The van der Waals surface area contributed by atoms with Gasteiger partial charge < -0.3 is 15.0 Å². The van der Waals surface area contributed by atoms with E-state index in [0.717, 1.165) is 50.4 Å². The number of nitrogens with one attached hydrogen (secondary N) is 1. The van der Waals surface area contributed by atoms with Crippen LogP contribution in [-0.4, -0.2) is 69.9 Å². The summed E-state index contributed by atoms with van der Waals surface area (Å²) < 4.78 is 32.6. The lowest BCUT2D eigenvalue weighted by Crippen LogP contribution is -2.35. The molecule has 0 spiro atoms. The van der Waals surface area contributed by atoms with Gasteiger partial charge in [-0.3, -0.25) is 4.79 Å². The van der Waals surface area contributed by atoms with E-state index in [-0.39, 0.29) is 10.8 Å². The molecule has 31 heavy (non-hydrogen) atoms. The number of methoxy groups -OCH3 is 1. The molecular weight excluding hydrogens is 414 g/mol. The highest BCUT2D eigenvalue weighted by molar-refractivity contribution is 7.89. The molecule has 2 fully saturated rings. The molecule has 0 unspecified atom stereocenters. The SMILES string of the molecule is COc1ccc(S(=O)(=O)N2CCCC2)cc1CCC(=O)NCCCN1CCC(C)CC1. The van der Waals surface area contributed by atoms with E-state index in [0.29, 0.717) is 38.2 Å². The highest BCUT2D eigenvalue weighted by atomic mass is 32.2. The summed E-state index contributed by atoms with van der Waals surface area (Å²) in [5.41, 5.74) is 0.750. The molecule has 1 aromatic carbocycles. The fraction of sp³-hybridized carbons (Fsp3) is 0.696. The Morgan fingerprint density at radius 3 is 2.55 bits per heavy atom. The fourth-order valence-corrected chi connectivity index (χ4v) is 5.91. The first-order valence-corrected chi connectivity index (χ1v) is 13.0. The molecule has 0 radical (unpaired) electrons. The van der Waals surface area contributed by atoms with Crippen LogP contribution in [0.3, 0.4) is 0 Å². The average molecular weight is 452 g/mol. The Labute approximate surface area is 187 Å². The van der Waals surface area contributed by atoms with Crippen molar-refractivity contribution in [1.29, 1.82) is 0 Å². The third-order valence-corrected chi connectivity index (χ3v) is 8.32. The molecule has 0 aromatic heterocycles. The van der Waals surface area contributed by atoms with E-state index >= 15 is 0 Å². The number of rotatable bonds is 10. The number of carbonyl (C=O) groups is 1. The van der Waals surface area contributed by atoms with Gasteiger partial charge in [-0.05, 0) is 87.8 Å². The number of amides is 1. The lowest BCUT2D eigenvalue weighted by molar-refractivity contribution is -0.121. The summed E-state index contributed by atoms with van der Waals surface area (Å²) in [5, 5.41) is 3.00. The van der Waals surface area contributed by atoms with Crippen LogP contribution in [0.15, 0.2) is 23.1 Å². The maximum absolute atomic E-state index is 12.8. The van der Waals surface area contributed by atoms with Crippen LogP contribution in [0.4, 0.5) is 0 Å². The largest absolute Gasteiger partial charge is 0.496 e. The van der Waals surface area contributed by atoms with Crippen molar-refractivity contribution in [1.82, 2.24) is 14.5 Å². The standard InChI is InChI=1S/C23H37N3O4S/c1-19-10-16-25(17-11-19)13-5-12-24-23(27)9-6-20-18-21(7-8-22(20)30-2)31(28,29)26-14-3-4-15-26/h7-8,18-19H,3-6,9-17H2,1-2H3,(H,24,27). The van der Waals surface area contributed by atoms with Gasteiger partial charge in [-0.15, -0.1) is 0 Å². The molecule has 0 saturated carbocycles. The molecule has 0 bridgehead atoms. The van der Waals surface area contributed by atoms with E-state index in [1.807, 2.05) is 0 Å². The Hall–Kier alpha value is -1.64. The summed E-state index contributed by atoms with van der Waals surface area (Å²) in [4.78, 5) is 15.1. The van der Waals surface area contributed by atoms with E-state index in [1.54, 1.807) is 25.3 Å². The zero-order valence-corrected chi connectivity index (χ0v) is 19.8. The second-order valence-corrected chi connectivity index (χ2v) is 10.8. The maximum atomic E-state index is 12.8. The minimum atomic E-state index is -3.48. The van der Waals surface area contributed by atoms with Crippen molar-refractivity contribution in [3.63, 3.8) is 0 Å². The number of ether oxygens (including phenoxy) is 1. The molecule has 2 aliphatic rings. The monoisotopic (exact) mass is 451 g/mol. The minimum absolute atomic E-state index is 0.0119. The molecule has 2 saturated heterocycles. The minimum Gasteiger partial charge on any atom is -0.496 e. The molecule has 7 nitrogen and oxygen atoms in total. The van der Waals surface area contributed by atoms with Crippen molar-refractivity contribution in [2.24, 2.45) is 5.92 Å². The molecule has 2 heterocycles. The topological polar surface area (TPSA) is 79.0 Å². The fourth-order valence-electron chi connectivity index (χ4n) is 4.34. The van der Waals surface area contributed by atoms with Crippen LogP contribution in [0.25, 0.3) is 0 Å². The van der Waals surface area contributed by atoms with Gasteiger partial charge in [0, 0.05) is 26.1 Å². The van der Waals surface area contributed by atoms with E-state index in [4.69, 9.17) is 4.74 Å². The summed E-state index contributed by atoms with van der Waals surface area (Å²) in [7, 11) is -1.92. The molecule has 0 aliphatic carbocycles. The van der Waals surface area contributed by atoms with Gasteiger partial charge in [0.05, 0.1) is 12.0 Å². The predicted molar refractivity (Wildman–Crippen MR) is 122 cm³/mol. The molecule has 2 aliphatic heterocycles. The van der Waals surface area contributed by atoms with Crippen molar-refractivity contribution in [3.8, 4) is 5.75 Å². The normalized spacial score (nSPS) is 18.9. The Morgan fingerprint density at radius 2 is 1.87 bits per heavy atom. The summed E-state index contributed by atoms with van der Waals surface area (Å²) in [6, 6.07) is 4.95. The number of hydrogen-bond donors (Lipinski definition) is 1. The van der Waals surface area contributed by atoms with Gasteiger partial charge in [0.1, 0.15) is 5.75 Å². The quantitative estimate of drug-likeness (QED) is 0.553. The smallest absolute Gasteiger partial charge is 0.243 e. The van der Waals surface area contributed by atoms with Crippen LogP contribution >= 0.6 is 0 Å². The predicted octanol–water partition coefficient (Wildman–Crippen LogP) is 2.65. The summed E-state index contributed by atoms with van der Waals surface area (Å²) in [6.07, 6.45) is 6.04. The number of benzene rings is 1. The van der Waals surface area contributed by atoms with Crippen LogP contribution in [0.2, 0.25) is 0 Å². The highest BCUT2D eigenvalue weighted by Crippen LogP contribution is 2.27. The molecule has 3 rings (SSSR count). The summed E-state index contributed by atoms with van der Waals surface area (Å²) in [6.45, 7) is 7.47. The van der Waals surface area contributed by atoms with E-state index in [1.165, 1.54) is 17.1 Å². The number of aryl methyl sites for hydroxylation is 1. The summed E-state index contributed by atoms with van der Waals surface area (Å²) in [5.74, 6) is 1.44. The molecule has 0 atom stereocenters. The number of sulfonamides is 1. The van der Waals surface area contributed by atoms with Gasteiger partial charge in [-0.2, -0.15) is 4.31 Å². The maximum Gasteiger partial charge on any atom is 0.243 e. The number of piperidine rings is 1. The molecular formula is C23H37N3O4S. The Morgan fingerprint density at radius 1 is 1.16 bits per heavy atom. The van der Waals surface area contributed by atoms with Gasteiger partial charge in [0.2, 0.25) is 15.9 Å². The van der Waals surface area contributed by atoms with Crippen molar-refractivity contribution in [2.75, 3.05) is 46.4 Å². The molecule has 1 aromatic rings. The first-order valence-electron chi connectivity index (χ1n) is 11.6. The third kappa shape index (κ3) is 6.67. The Bertz CT molecular complexity index is 829. The lowest BCUT2D eigenvalue weighted by Gasteiger charge is -2.30. The van der Waals surface area contributed by atoms with Crippen LogP contribution in [-0.2, 0) is 21.2 Å². The second-order valence-electron chi connectivity index (χ2n) is 8.81. The molecule has 174 valence electrons. The van der Waals surface area contributed by atoms with Crippen LogP contribution in [0.5, 0.6) is 5.75 Å². The van der Waals surface area contributed by atoms with Gasteiger partial charge in [-0.1, -0.05) is 6.92 Å². The second kappa shape index (κ2) is 11.3. The zero-order valence-electron chi connectivity index (χ0n) is 18.9. The van der Waals surface area contributed by atoms with E-state index in [9.17, 15) is 13.2 Å². The van der Waals surface area contributed by atoms with Gasteiger partial charge in [0.25, 0.3) is 0 Å². The van der Waals surface area contributed by atoms with Gasteiger partial charge >= 0.3 is 0 Å². The van der Waals surface area contributed by atoms with E-state index < -0.39 is 10.0 Å². The first kappa shape index (κ1) is 24.0. The summed E-state index contributed by atoms with van der Waals surface area (Å²) >= 11 is 0. The third-order valence-electron chi connectivity index (χ3n) is 6.43. The van der Waals surface area contributed by atoms with Crippen molar-refractivity contribution < 1.29 is 17.9 Å². The van der Waals surface area contributed by atoms with Crippen LogP contribution < -0.4 is 10.1 Å². The number of hydrogen-bond acceptors (Lipinski definition) is 5. The zero-order chi connectivity index (χ0) is 22.3. The van der Waals surface area contributed by atoms with Crippen LogP contribution in [0, 0.1) is 5.92 Å². The average Bonchev–Trinajstić information content (AvgIpc) is 3.32. The lowest BCUT2D eigenvalue weighted by atomic mass is 9.99. The molecule has 8 heteroatoms. The van der Waals surface area contributed by atoms with E-state index in [2.05, 4.69) is 17.1 Å². The Balaban J connectivity index is 1.48. The Kier molecular flexibility index (Phi) is 8.75. The first-order chi connectivity index (χ1) is 14.9.